The predicted octanol–water partition coefficient (Wildman–Crippen LogP) is 3.47. The van der Waals surface area contributed by atoms with Crippen molar-refractivity contribution < 1.29 is 9.59 Å². The number of hydrogen-bond donors (Lipinski definition) is 1. The van der Waals surface area contributed by atoms with Crippen LogP contribution >= 0.6 is 0 Å². The fourth-order valence-electron chi connectivity index (χ4n) is 4.06. The van der Waals surface area contributed by atoms with Crippen molar-refractivity contribution in [3.63, 3.8) is 0 Å². The predicted molar refractivity (Wildman–Crippen MR) is 94.1 cm³/mol. The highest BCUT2D eigenvalue weighted by atomic mass is 16.2. The molecule has 1 aromatic rings. The summed E-state index contributed by atoms with van der Waals surface area (Å²) in [7, 11) is 0. The van der Waals surface area contributed by atoms with Crippen LogP contribution in [-0.4, -0.2) is 36.5 Å². The van der Waals surface area contributed by atoms with Crippen molar-refractivity contribution in [1.29, 1.82) is 0 Å². The van der Waals surface area contributed by atoms with Gasteiger partial charge in [-0.15, -0.1) is 0 Å². The third-order valence-electron chi connectivity index (χ3n) is 5.54. The largest absolute Gasteiger partial charge is 0.324 e. The first-order chi connectivity index (χ1) is 11.7. The minimum absolute atomic E-state index is 0.0283. The Hall–Kier alpha value is -2.04. The lowest BCUT2D eigenvalue weighted by molar-refractivity contribution is -0.117. The quantitative estimate of drug-likeness (QED) is 0.924. The lowest BCUT2D eigenvalue weighted by atomic mass is 9.93. The molecule has 1 aromatic carbocycles. The lowest BCUT2D eigenvalue weighted by Gasteiger charge is -2.33. The highest BCUT2D eigenvalue weighted by molar-refractivity contribution is 6.01. The first-order valence-electron chi connectivity index (χ1n) is 9.17. The van der Waals surface area contributed by atoms with Gasteiger partial charge in [0.05, 0.1) is 11.4 Å². The molecule has 1 aliphatic carbocycles. The van der Waals surface area contributed by atoms with E-state index in [-0.39, 0.29) is 11.9 Å². The van der Waals surface area contributed by atoms with Gasteiger partial charge in [0.25, 0.3) is 0 Å². The second kappa shape index (κ2) is 6.46. The summed E-state index contributed by atoms with van der Waals surface area (Å²) < 4.78 is 0. The normalized spacial score (nSPS) is 24.3. The SMILES string of the molecule is O=C(Nc1ccccc1N1CCCC1=O)N1CCCC(C2CC2)C1. The molecule has 5 heteroatoms. The zero-order valence-electron chi connectivity index (χ0n) is 14.0. The molecular weight excluding hydrogens is 302 g/mol. The summed E-state index contributed by atoms with van der Waals surface area (Å²) in [6, 6.07) is 7.60. The molecule has 1 unspecified atom stereocenters. The van der Waals surface area contributed by atoms with Crippen LogP contribution in [-0.2, 0) is 4.79 Å². The Balaban J connectivity index is 1.46. The summed E-state index contributed by atoms with van der Waals surface area (Å²) in [5.41, 5.74) is 1.57. The molecule has 5 nitrogen and oxygen atoms in total. The number of benzene rings is 1. The molecule has 128 valence electrons. The number of rotatable bonds is 3. The van der Waals surface area contributed by atoms with Gasteiger partial charge in [-0.1, -0.05) is 12.1 Å². The number of amides is 3. The fourth-order valence-corrected chi connectivity index (χ4v) is 4.06. The fraction of sp³-hybridized carbons (Fsp3) is 0.579. The molecule has 1 atom stereocenters. The number of nitrogens with one attached hydrogen (secondary N) is 1. The van der Waals surface area contributed by atoms with Crippen molar-refractivity contribution in [2.24, 2.45) is 11.8 Å². The molecule has 0 bridgehead atoms. The average molecular weight is 327 g/mol. The van der Waals surface area contributed by atoms with E-state index in [1.807, 2.05) is 29.2 Å². The van der Waals surface area contributed by atoms with Crippen LogP contribution in [0.5, 0.6) is 0 Å². The number of para-hydroxylation sites is 2. The number of hydrogen-bond acceptors (Lipinski definition) is 2. The van der Waals surface area contributed by atoms with E-state index in [1.54, 1.807) is 4.90 Å². The highest BCUT2D eigenvalue weighted by Crippen LogP contribution is 2.41. The van der Waals surface area contributed by atoms with Crippen molar-refractivity contribution in [3.8, 4) is 0 Å². The lowest BCUT2D eigenvalue weighted by Crippen LogP contribution is -2.43. The van der Waals surface area contributed by atoms with Gasteiger partial charge in [0.2, 0.25) is 5.91 Å². The number of anilines is 2. The Bertz CT molecular complexity index is 641. The maximum atomic E-state index is 12.7. The van der Waals surface area contributed by atoms with Gasteiger partial charge >= 0.3 is 6.03 Å². The molecule has 4 rings (SSSR count). The monoisotopic (exact) mass is 327 g/mol. The third-order valence-corrected chi connectivity index (χ3v) is 5.54. The summed E-state index contributed by atoms with van der Waals surface area (Å²) in [4.78, 5) is 28.5. The zero-order chi connectivity index (χ0) is 16.5. The minimum atomic E-state index is -0.0283. The Morgan fingerprint density at radius 3 is 2.62 bits per heavy atom. The summed E-state index contributed by atoms with van der Waals surface area (Å²) in [5.74, 6) is 1.67. The molecule has 3 aliphatic rings. The minimum Gasteiger partial charge on any atom is -0.324 e. The van der Waals surface area contributed by atoms with Gasteiger partial charge in [-0.2, -0.15) is 0 Å². The molecule has 0 radical (unpaired) electrons. The number of carbonyl (C=O) groups excluding carboxylic acids is 2. The van der Waals surface area contributed by atoms with Gasteiger partial charge in [0.15, 0.2) is 0 Å². The molecule has 3 fully saturated rings. The van der Waals surface area contributed by atoms with E-state index < -0.39 is 0 Å². The van der Waals surface area contributed by atoms with Gasteiger partial charge in [-0.3, -0.25) is 4.79 Å². The Kier molecular flexibility index (Phi) is 4.17. The van der Waals surface area contributed by atoms with Crippen molar-refractivity contribution in [3.05, 3.63) is 24.3 Å². The van der Waals surface area contributed by atoms with E-state index in [4.69, 9.17) is 0 Å². The molecule has 24 heavy (non-hydrogen) atoms. The second-order valence-corrected chi connectivity index (χ2v) is 7.28. The van der Waals surface area contributed by atoms with Crippen LogP contribution in [0.3, 0.4) is 0 Å². The Labute approximate surface area is 143 Å². The van der Waals surface area contributed by atoms with Gasteiger partial charge in [-0.05, 0) is 56.1 Å². The highest BCUT2D eigenvalue weighted by Gasteiger charge is 2.35. The molecule has 0 aromatic heterocycles. The van der Waals surface area contributed by atoms with Crippen LogP contribution in [0.2, 0.25) is 0 Å². The zero-order valence-corrected chi connectivity index (χ0v) is 14.0. The number of piperidine rings is 1. The molecule has 2 aliphatic heterocycles. The summed E-state index contributed by atoms with van der Waals surface area (Å²) in [6.45, 7) is 2.44. The first-order valence-corrected chi connectivity index (χ1v) is 9.17. The molecule has 1 saturated carbocycles. The molecule has 2 heterocycles. The summed E-state index contributed by atoms with van der Waals surface area (Å²) in [6.07, 6.45) is 6.50. The number of urea groups is 1. The van der Waals surface area contributed by atoms with E-state index in [1.165, 1.54) is 19.3 Å². The van der Waals surface area contributed by atoms with Crippen LogP contribution < -0.4 is 10.2 Å². The van der Waals surface area contributed by atoms with Crippen LogP contribution in [0.4, 0.5) is 16.2 Å². The number of likely N-dealkylation sites (tertiary alicyclic amines) is 1. The van der Waals surface area contributed by atoms with Crippen LogP contribution in [0.25, 0.3) is 0 Å². The van der Waals surface area contributed by atoms with E-state index in [0.717, 1.165) is 49.8 Å². The van der Waals surface area contributed by atoms with E-state index in [9.17, 15) is 9.59 Å². The van der Waals surface area contributed by atoms with Crippen molar-refractivity contribution in [2.75, 3.05) is 29.9 Å². The average Bonchev–Trinajstić information content (AvgIpc) is 3.37. The maximum Gasteiger partial charge on any atom is 0.321 e. The van der Waals surface area contributed by atoms with Gasteiger partial charge in [0.1, 0.15) is 0 Å². The Morgan fingerprint density at radius 1 is 1.04 bits per heavy atom. The molecule has 0 spiro atoms. The van der Waals surface area contributed by atoms with Crippen molar-refractivity contribution in [2.45, 2.75) is 38.5 Å². The summed E-state index contributed by atoms with van der Waals surface area (Å²) >= 11 is 0. The molecule has 3 amide bonds. The second-order valence-electron chi connectivity index (χ2n) is 7.28. The molecular formula is C19H25N3O2. The van der Waals surface area contributed by atoms with E-state index >= 15 is 0 Å². The third kappa shape index (κ3) is 3.12. The van der Waals surface area contributed by atoms with Crippen LogP contribution in [0.1, 0.15) is 38.5 Å². The van der Waals surface area contributed by atoms with Gasteiger partial charge < -0.3 is 15.1 Å². The standard InChI is InChI=1S/C19H25N3O2/c23-18-8-4-12-22(18)17-7-2-1-6-16(17)20-19(24)21-11-3-5-15(13-21)14-9-10-14/h1-2,6-7,14-15H,3-5,8-13H2,(H,20,24). The van der Waals surface area contributed by atoms with E-state index in [2.05, 4.69) is 5.32 Å². The number of nitrogens with zero attached hydrogens (tertiary/aromatic N) is 2. The first kappa shape index (κ1) is 15.5. The Morgan fingerprint density at radius 2 is 1.88 bits per heavy atom. The van der Waals surface area contributed by atoms with Crippen LogP contribution in [0.15, 0.2) is 24.3 Å². The van der Waals surface area contributed by atoms with Crippen molar-refractivity contribution >= 4 is 23.3 Å². The number of carbonyl (C=O) groups is 2. The van der Waals surface area contributed by atoms with Crippen molar-refractivity contribution in [1.82, 2.24) is 4.90 Å². The molecule has 1 N–H and O–H groups in total. The topological polar surface area (TPSA) is 52.7 Å². The molecule has 2 saturated heterocycles. The van der Waals surface area contributed by atoms with Gasteiger partial charge in [0, 0.05) is 26.1 Å². The van der Waals surface area contributed by atoms with E-state index in [0.29, 0.717) is 12.3 Å². The van der Waals surface area contributed by atoms with Crippen LogP contribution in [0, 0.1) is 11.8 Å². The maximum absolute atomic E-state index is 12.7. The van der Waals surface area contributed by atoms with Gasteiger partial charge in [-0.25, -0.2) is 4.79 Å². The smallest absolute Gasteiger partial charge is 0.321 e. The summed E-state index contributed by atoms with van der Waals surface area (Å²) in [5, 5.41) is 3.05.